The summed E-state index contributed by atoms with van der Waals surface area (Å²) in [6.45, 7) is 2.67. The molecule has 6 nitrogen and oxygen atoms in total. The van der Waals surface area contributed by atoms with E-state index in [9.17, 15) is 4.79 Å². The number of carbonyl (C=O) groups excluding carboxylic acids is 1. The standard InChI is InChI=1S/C20H21N3O3S/c24-19(17-3-2-15(26-17)14-23-9-1-8-21-23)22-10-6-20(7-11-22)16-5-13-27-18(16)4-12-25-20/h1-3,5,8-9,13H,4,6-7,10-12,14H2. The molecule has 0 unspecified atom stereocenters. The number of aromatic nitrogens is 2. The molecule has 2 aliphatic heterocycles. The largest absolute Gasteiger partial charge is 0.454 e. The van der Waals surface area contributed by atoms with Gasteiger partial charge in [0.05, 0.1) is 18.8 Å². The van der Waals surface area contributed by atoms with Crippen LogP contribution >= 0.6 is 11.3 Å². The van der Waals surface area contributed by atoms with Crippen LogP contribution in [0.5, 0.6) is 0 Å². The maximum Gasteiger partial charge on any atom is 0.289 e. The van der Waals surface area contributed by atoms with Gasteiger partial charge in [0.2, 0.25) is 0 Å². The van der Waals surface area contributed by atoms with Crippen molar-refractivity contribution in [2.24, 2.45) is 0 Å². The Balaban J connectivity index is 1.26. The van der Waals surface area contributed by atoms with Gasteiger partial charge in [0.25, 0.3) is 5.91 Å². The summed E-state index contributed by atoms with van der Waals surface area (Å²) < 4.78 is 13.8. The minimum absolute atomic E-state index is 0.0436. The number of ether oxygens (including phenoxy) is 1. The van der Waals surface area contributed by atoms with Gasteiger partial charge < -0.3 is 14.1 Å². The van der Waals surface area contributed by atoms with E-state index in [-0.39, 0.29) is 11.5 Å². The predicted octanol–water partition coefficient (Wildman–Crippen LogP) is 3.29. The van der Waals surface area contributed by atoms with Gasteiger partial charge >= 0.3 is 0 Å². The third kappa shape index (κ3) is 3.00. The molecular formula is C20H21N3O3S. The highest BCUT2D eigenvalue weighted by atomic mass is 32.1. The summed E-state index contributed by atoms with van der Waals surface area (Å²) in [7, 11) is 0. The van der Waals surface area contributed by atoms with Crippen LogP contribution in [0.15, 0.2) is 46.5 Å². The molecule has 2 aliphatic rings. The SMILES string of the molecule is O=C(c1ccc(Cn2cccn2)o1)N1CCC2(CC1)OCCc1sccc12. The van der Waals surface area contributed by atoms with Crippen molar-refractivity contribution in [3.8, 4) is 0 Å². The second-order valence-corrected chi connectivity index (χ2v) is 8.11. The maximum atomic E-state index is 12.9. The van der Waals surface area contributed by atoms with Gasteiger partial charge in [-0.3, -0.25) is 9.48 Å². The van der Waals surface area contributed by atoms with Gasteiger partial charge in [-0.1, -0.05) is 0 Å². The average molecular weight is 383 g/mol. The molecule has 0 radical (unpaired) electrons. The third-order valence-electron chi connectivity index (χ3n) is 5.55. The van der Waals surface area contributed by atoms with Crippen molar-refractivity contribution in [2.45, 2.75) is 31.4 Å². The Labute approximate surface area is 161 Å². The van der Waals surface area contributed by atoms with E-state index < -0.39 is 0 Å². The molecule has 27 heavy (non-hydrogen) atoms. The Morgan fingerprint density at radius 2 is 2.15 bits per heavy atom. The molecule has 0 N–H and O–H groups in total. The Kier molecular flexibility index (Phi) is 4.13. The number of likely N-dealkylation sites (tertiary alicyclic amines) is 1. The lowest BCUT2D eigenvalue weighted by Gasteiger charge is -2.43. The van der Waals surface area contributed by atoms with Gasteiger partial charge in [-0.25, -0.2) is 0 Å². The third-order valence-corrected chi connectivity index (χ3v) is 6.53. The van der Waals surface area contributed by atoms with E-state index >= 15 is 0 Å². The molecule has 5 heterocycles. The van der Waals surface area contributed by atoms with Crippen molar-refractivity contribution in [1.82, 2.24) is 14.7 Å². The van der Waals surface area contributed by atoms with Crippen LogP contribution < -0.4 is 0 Å². The van der Waals surface area contributed by atoms with Crippen LogP contribution in [-0.2, 0) is 23.3 Å². The van der Waals surface area contributed by atoms with Gasteiger partial charge in [-0.05, 0) is 48.1 Å². The highest BCUT2D eigenvalue weighted by Gasteiger charge is 2.42. The topological polar surface area (TPSA) is 60.5 Å². The van der Waals surface area contributed by atoms with Crippen molar-refractivity contribution in [2.75, 3.05) is 19.7 Å². The molecule has 3 aromatic rings. The zero-order valence-electron chi connectivity index (χ0n) is 15.0. The van der Waals surface area contributed by atoms with Crippen LogP contribution in [0.4, 0.5) is 0 Å². The fourth-order valence-electron chi connectivity index (χ4n) is 4.13. The molecule has 0 bridgehead atoms. The molecule has 1 amide bonds. The van der Waals surface area contributed by atoms with Crippen molar-refractivity contribution in [3.63, 3.8) is 0 Å². The second-order valence-electron chi connectivity index (χ2n) is 7.11. The lowest BCUT2D eigenvalue weighted by molar-refractivity contribution is -0.0928. The van der Waals surface area contributed by atoms with Gasteiger partial charge in [-0.15, -0.1) is 11.3 Å². The number of furan rings is 1. The number of thiophene rings is 1. The Morgan fingerprint density at radius 1 is 1.26 bits per heavy atom. The Bertz CT molecular complexity index is 936. The first kappa shape index (κ1) is 16.8. The number of rotatable bonds is 3. The number of nitrogens with zero attached hydrogens (tertiary/aromatic N) is 3. The molecule has 1 spiro atoms. The molecular weight excluding hydrogens is 362 g/mol. The van der Waals surface area contributed by atoms with E-state index in [4.69, 9.17) is 9.15 Å². The monoisotopic (exact) mass is 383 g/mol. The zero-order valence-corrected chi connectivity index (χ0v) is 15.8. The summed E-state index contributed by atoms with van der Waals surface area (Å²) in [5.41, 5.74) is 1.13. The van der Waals surface area contributed by atoms with Crippen molar-refractivity contribution < 1.29 is 13.9 Å². The molecule has 1 saturated heterocycles. The summed E-state index contributed by atoms with van der Waals surface area (Å²) in [5.74, 6) is 1.08. The van der Waals surface area contributed by atoms with Crippen molar-refractivity contribution >= 4 is 17.2 Å². The molecule has 1 fully saturated rings. The van der Waals surface area contributed by atoms with Crippen LogP contribution in [-0.4, -0.2) is 40.3 Å². The van der Waals surface area contributed by atoms with Gasteiger partial charge in [0.1, 0.15) is 5.76 Å². The summed E-state index contributed by atoms with van der Waals surface area (Å²) in [6, 6.07) is 7.68. The number of fused-ring (bicyclic) bond motifs is 2. The number of hydrogen-bond acceptors (Lipinski definition) is 5. The van der Waals surface area contributed by atoms with Gasteiger partial charge in [-0.2, -0.15) is 5.10 Å². The van der Waals surface area contributed by atoms with Crippen LogP contribution in [0, 0.1) is 0 Å². The minimum atomic E-state index is -0.210. The first-order valence-electron chi connectivity index (χ1n) is 9.30. The van der Waals surface area contributed by atoms with Crippen LogP contribution in [0.3, 0.4) is 0 Å². The first-order chi connectivity index (χ1) is 13.2. The lowest BCUT2D eigenvalue weighted by atomic mass is 9.82. The minimum Gasteiger partial charge on any atom is -0.454 e. The molecule has 140 valence electrons. The van der Waals surface area contributed by atoms with Crippen molar-refractivity contribution in [3.05, 3.63) is 64.0 Å². The van der Waals surface area contributed by atoms with Crippen LogP contribution in [0.25, 0.3) is 0 Å². The lowest BCUT2D eigenvalue weighted by Crippen LogP contribution is -2.48. The molecule has 3 aromatic heterocycles. The van der Waals surface area contributed by atoms with E-state index in [1.807, 2.05) is 34.6 Å². The molecule has 0 aliphatic carbocycles. The second kappa shape index (κ2) is 6.65. The summed E-state index contributed by atoms with van der Waals surface area (Å²) >= 11 is 1.82. The average Bonchev–Trinajstić information content (AvgIpc) is 3.44. The highest BCUT2D eigenvalue weighted by molar-refractivity contribution is 7.10. The number of carbonyl (C=O) groups is 1. The predicted molar refractivity (Wildman–Crippen MR) is 101 cm³/mol. The zero-order chi connectivity index (χ0) is 18.3. The molecule has 0 aromatic carbocycles. The van der Waals surface area contributed by atoms with Crippen molar-refractivity contribution in [1.29, 1.82) is 0 Å². The van der Waals surface area contributed by atoms with E-state index in [1.54, 1.807) is 16.9 Å². The van der Waals surface area contributed by atoms with E-state index in [1.165, 1.54) is 10.4 Å². The highest BCUT2D eigenvalue weighted by Crippen LogP contribution is 2.43. The fraction of sp³-hybridized carbons (Fsp3) is 0.400. The Morgan fingerprint density at radius 3 is 2.96 bits per heavy atom. The number of amides is 1. The Hall–Kier alpha value is -2.38. The summed E-state index contributed by atoms with van der Waals surface area (Å²) in [5, 5.41) is 6.32. The van der Waals surface area contributed by atoms with E-state index in [0.29, 0.717) is 25.4 Å². The maximum absolute atomic E-state index is 12.9. The van der Waals surface area contributed by atoms with Crippen LogP contribution in [0.1, 0.15) is 39.6 Å². The normalized spacial score (nSPS) is 18.6. The summed E-state index contributed by atoms with van der Waals surface area (Å²) in [4.78, 5) is 16.2. The smallest absolute Gasteiger partial charge is 0.289 e. The molecule has 7 heteroatoms. The molecule has 0 saturated carbocycles. The molecule has 0 atom stereocenters. The van der Waals surface area contributed by atoms with E-state index in [2.05, 4.69) is 16.5 Å². The fourth-order valence-corrected chi connectivity index (χ4v) is 5.08. The number of piperidine rings is 1. The van der Waals surface area contributed by atoms with Gasteiger partial charge in [0, 0.05) is 36.8 Å². The quantitative estimate of drug-likeness (QED) is 0.696. The first-order valence-corrected chi connectivity index (χ1v) is 10.2. The van der Waals surface area contributed by atoms with Crippen LogP contribution in [0.2, 0.25) is 0 Å². The van der Waals surface area contributed by atoms with E-state index in [0.717, 1.165) is 31.6 Å². The van der Waals surface area contributed by atoms with Gasteiger partial charge in [0.15, 0.2) is 5.76 Å². The number of hydrogen-bond donors (Lipinski definition) is 0. The molecule has 5 rings (SSSR count). The summed E-state index contributed by atoms with van der Waals surface area (Å²) in [6.07, 6.45) is 6.28.